The van der Waals surface area contributed by atoms with Crippen LogP contribution in [0.4, 0.5) is 0 Å². The van der Waals surface area contributed by atoms with Crippen molar-refractivity contribution in [1.29, 1.82) is 0 Å². The van der Waals surface area contributed by atoms with Gasteiger partial charge in [0.2, 0.25) is 0 Å². The van der Waals surface area contributed by atoms with Gasteiger partial charge in [0, 0.05) is 17.2 Å². The first-order valence-electron chi connectivity index (χ1n) is 5.27. The van der Waals surface area contributed by atoms with Gasteiger partial charge in [0.05, 0.1) is 7.11 Å². The molecule has 1 rings (SSSR count). The molecule has 0 amide bonds. The summed E-state index contributed by atoms with van der Waals surface area (Å²) in [5, 5.41) is 9.64. The zero-order chi connectivity index (χ0) is 13.1. The van der Waals surface area contributed by atoms with Crippen molar-refractivity contribution in [3.05, 3.63) is 23.3 Å². The summed E-state index contributed by atoms with van der Waals surface area (Å²) >= 11 is 0. The second kappa shape index (κ2) is 5.06. The Morgan fingerprint density at radius 3 is 2.47 bits per heavy atom. The summed E-state index contributed by atoms with van der Waals surface area (Å²) in [6.07, 6.45) is 0.718. The first-order valence-corrected chi connectivity index (χ1v) is 8.77. The van der Waals surface area contributed by atoms with E-state index < -0.39 is 8.07 Å². The predicted molar refractivity (Wildman–Crippen MR) is 70.3 cm³/mol. The van der Waals surface area contributed by atoms with E-state index in [1.54, 1.807) is 0 Å². The fourth-order valence-corrected chi connectivity index (χ4v) is 1.72. The van der Waals surface area contributed by atoms with Crippen LogP contribution < -0.4 is 4.74 Å². The molecule has 17 heavy (non-hydrogen) atoms. The van der Waals surface area contributed by atoms with Crippen LogP contribution in [0.1, 0.15) is 15.9 Å². The van der Waals surface area contributed by atoms with Crippen LogP contribution in [0.25, 0.3) is 0 Å². The van der Waals surface area contributed by atoms with Gasteiger partial charge in [-0.2, -0.15) is 0 Å². The third-order valence-corrected chi connectivity index (χ3v) is 2.93. The maximum Gasteiger partial charge on any atom is 0.161 e. The van der Waals surface area contributed by atoms with Crippen LogP contribution in [0.5, 0.6) is 11.5 Å². The fourth-order valence-electron chi connectivity index (χ4n) is 1.21. The number of phenolic OH excluding ortho intramolecular Hbond substituents is 1. The number of carbonyl (C=O) groups is 1. The number of aldehydes is 1. The van der Waals surface area contributed by atoms with Gasteiger partial charge in [-0.3, -0.25) is 4.79 Å². The standard InChI is InChI=1S/C13H16O3Si/c1-16-13-8-11(9-14)10(7-12(13)15)5-6-17(2,3)4/h7-9,15H,1-4H3. The molecule has 0 atom stereocenters. The molecule has 0 aliphatic rings. The Hall–Kier alpha value is -1.73. The molecule has 0 radical (unpaired) electrons. The summed E-state index contributed by atoms with van der Waals surface area (Å²) in [4.78, 5) is 10.9. The molecule has 0 aliphatic heterocycles. The highest BCUT2D eigenvalue weighted by atomic mass is 28.3. The van der Waals surface area contributed by atoms with Crippen molar-refractivity contribution in [1.82, 2.24) is 0 Å². The zero-order valence-electron chi connectivity index (χ0n) is 10.5. The molecule has 0 heterocycles. The summed E-state index contributed by atoms with van der Waals surface area (Å²) in [5.74, 6) is 3.24. The normalized spacial score (nSPS) is 10.4. The highest BCUT2D eigenvalue weighted by molar-refractivity contribution is 6.83. The van der Waals surface area contributed by atoms with Crippen LogP contribution in [0.3, 0.4) is 0 Å². The second-order valence-electron chi connectivity index (χ2n) is 4.73. The number of methoxy groups -OCH3 is 1. The van der Waals surface area contributed by atoms with Crippen molar-refractivity contribution in [2.75, 3.05) is 7.11 Å². The third-order valence-electron chi connectivity index (χ3n) is 2.05. The minimum atomic E-state index is -1.50. The maximum absolute atomic E-state index is 10.9. The van der Waals surface area contributed by atoms with Crippen molar-refractivity contribution < 1.29 is 14.6 Å². The lowest BCUT2D eigenvalue weighted by atomic mass is 10.1. The topological polar surface area (TPSA) is 46.5 Å². The maximum atomic E-state index is 10.9. The molecular weight excluding hydrogens is 232 g/mol. The molecule has 0 fully saturated rings. The number of aromatic hydroxyl groups is 1. The molecule has 1 N–H and O–H groups in total. The van der Waals surface area contributed by atoms with Crippen molar-refractivity contribution in [2.24, 2.45) is 0 Å². The lowest BCUT2D eigenvalue weighted by Gasteiger charge is -2.07. The minimum absolute atomic E-state index is 0.00187. The van der Waals surface area contributed by atoms with E-state index in [0.29, 0.717) is 11.1 Å². The van der Waals surface area contributed by atoms with Gasteiger partial charge in [0.25, 0.3) is 0 Å². The van der Waals surface area contributed by atoms with E-state index in [9.17, 15) is 9.90 Å². The molecule has 90 valence electrons. The summed E-state index contributed by atoms with van der Waals surface area (Å²) in [5.41, 5.74) is 4.13. The van der Waals surface area contributed by atoms with E-state index in [0.717, 1.165) is 6.29 Å². The lowest BCUT2D eigenvalue weighted by molar-refractivity contribution is 0.112. The molecule has 0 unspecified atom stereocenters. The second-order valence-corrected chi connectivity index (χ2v) is 9.48. The summed E-state index contributed by atoms with van der Waals surface area (Å²) in [6.45, 7) is 6.35. The van der Waals surface area contributed by atoms with E-state index in [1.807, 2.05) is 0 Å². The Morgan fingerprint density at radius 1 is 1.35 bits per heavy atom. The van der Waals surface area contributed by atoms with Crippen LogP contribution in [0, 0.1) is 11.5 Å². The van der Waals surface area contributed by atoms with Crippen LogP contribution in [0.2, 0.25) is 19.6 Å². The summed E-state index contributed by atoms with van der Waals surface area (Å²) < 4.78 is 4.94. The van der Waals surface area contributed by atoms with E-state index in [1.165, 1.54) is 19.2 Å². The Balaban J connectivity index is 3.28. The first-order chi connectivity index (χ1) is 7.87. The summed E-state index contributed by atoms with van der Waals surface area (Å²) in [6, 6.07) is 2.96. The molecular formula is C13H16O3Si. The molecule has 0 aromatic heterocycles. The minimum Gasteiger partial charge on any atom is -0.504 e. The number of carbonyl (C=O) groups excluding carboxylic acids is 1. The number of benzene rings is 1. The van der Waals surface area contributed by atoms with Gasteiger partial charge in [-0.15, -0.1) is 5.54 Å². The van der Waals surface area contributed by atoms with E-state index in [2.05, 4.69) is 31.1 Å². The van der Waals surface area contributed by atoms with Crippen LogP contribution in [0.15, 0.2) is 12.1 Å². The number of rotatable bonds is 2. The Morgan fingerprint density at radius 2 is 2.00 bits per heavy atom. The number of hydrogen-bond donors (Lipinski definition) is 1. The van der Waals surface area contributed by atoms with Gasteiger partial charge >= 0.3 is 0 Å². The smallest absolute Gasteiger partial charge is 0.161 e. The van der Waals surface area contributed by atoms with Gasteiger partial charge in [0.1, 0.15) is 8.07 Å². The Labute approximate surface area is 102 Å². The number of hydrogen-bond acceptors (Lipinski definition) is 3. The predicted octanol–water partition coefficient (Wildman–Crippen LogP) is 2.44. The molecule has 0 saturated carbocycles. The van der Waals surface area contributed by atoms with E-state index in [-0.39, 0.29) is 11.5 Å². The van der Waals surface area contributed by atoms with Gasteiger partial charge < -0.3 is 9.84 Å². The molecule has 4 heteroatoms. The van der Waals surface area contributed by atoms with Gasteiger partial charge in [-0.05, 0) is 6.07 Å². The Bertz CT molecular complexity index is 490. The van der Waals surface area contributed by atoms with Crippen molar-refractivity contribution in [3.63, 3.8) is 0 Å². The SMILES string of the molecule is COc1cc(C=O)c(C#C[Si](C)(C)C)cc1O. The Kier molecular flexibility index (Phi) is 3.97. The van der Waals surface area contributed by atoms with Gasteiger partial charge in [0.15, 0.2) is 17.8 Å². The quantitative estimate of drug-likeness (QED) is 0.497. The molecule has 1 aromatic rings. The number of phenols is 1. The van der Waals surface area contributed by atoms with Crippen LogP contribution in [-0.2, 0) is 0 Å². The average Bonchev–Trinajstić information content (AvgIpc) is 2.25. The molecule has 0 aliphatic carbocycles. The molecule has 0 spiro atoms. The lowest BCUT2D eigenvalue weighted by Crippen LogP contribution is -2.16. The van der Waals surface area contributed by atoms with Gasteiger partial charge in [-0.25, -0.2) is 0 Å². The first kappa shape index (κ1) is 13.3. The monoisotopic (exact) mass is 248 g/mol. The highest BCUT2D eigenvalue weighted by Gasteiger charge is 2.10. The molecule has 0 bridgehead atoms. The highest BCUT2D eigenvalue weighted by Crippen LogP contribution is 2.28. The molecule has 0 saturated heterocycles. The third kappa shape index (κ3) is 3.65. The van der Waals surface area contributed by atoms with E-state index >= 15 is 0 Å². The average molecular weight is 248 g/mol. The largest absolute Gasteiger partial charge is 0.504 e. The van der Waals surface area contributed by atoms with Gasteiger partial charge in [-0.1, -0.05) is 25.6 Å². The van der Waals surface area contributed by atoms with Crippen molar-refractivity contribution in [3.8, 4) is 23.0 Å². The number of ether oxygens (including phenoxy) is 1. The van der Waals surface area contributed by atoms with Crippen LogP contribution in [-0.4, -0.2) is 26.6 Å². The molecule has 1 aromatic carbocycles. The van der Waals surface area contributed by atoms with Crippen molar-refractivity contribution in [2.45, 2.75) is 19.6 Å². The molecule has 3 nitrogen and oxygen atoms in total. The van der Waals surface area contributed by atoms with E-state index in [4.69, 9.17) is 4.74 Å². The summed E-state index contributed by atoms with van der Waals surface area (Å²) in [7, 11) is -0.0634. The zero-order valence-corrected chi connectivity index (χ0v) is 11.5. The van der Waals surface area contributed by atoms with Crippen LogP contribution >= 0.6 is 0 Å². The van der Waals surface area contributed by atoms with Crippen molar-refractivity contribution >= 4 is 14.4 Å². The fraction of sp³-hybridized carbons (Fsp3) is 0.308.